The molecule has 0 aliphatic rings. The summed E-state index contributed by atoms with van der Waals surface area (Å²) in [7, 11) is 0. The van der Waals surface area contributed by atoms with Crippen LogP contribution >= 0.6 is 12.2 Å². The lowest BCUT2D eigenvalue weighted by molar-refractivity contribution is -0.274. The Morgan fingerprint density at radius 3 is 1.97 bits per heavy atom. The number of ether oxygens (including phenoxy) is 1. The molecule has 168 valence electrons. The highest BCUT2D eigenvalue weighted by molar-refractivity contribution is 7.80. The van der Waals surface area contributed by atoms with Crippen LogP contribution in [0.2, 0.25) is 0 Å². The zero-order valence-electron chi connectivity index (χ0n) is 17.3. The highest BCUT2D eigenvalue weighted by Crippen LogP contribution is 2.24. The van der Waals surface area contributed by atoms with Crippen molar-refractivity contribution in [3.8, 4) is 5.75 Å². The topological polar surface area (TPSA) is 65.6 Å². The molecule has 10 heteroatoms. The first-order chi connectivity index (χ1) is 14.7. The van der Waals surface area contributed by atoms with Gasteiger partial charge >= 0.3 is 6.36 Å². The van der Waals surface area contributed by atoms with Gasteiger partial charge in [0.15, 0.2) is 5.11 Å². The van der Waals surface area contributed by atoms with E-state index in [0.717, 1.165) is 19.6 Å². The van der Waals surface area contributed by atoms with Gasteiger partial charge in [-0.05, 0) is 73.8 Å². The van der Waals surface area contributed by atoms with Gasteiger partial charge < -0.3 is 25.6 Å². The van der Waals surface area contributed by atoms with Crippen molar-refractivity contribution < 1.29 is 22.7 Å². The molecule has 3 N–H and O–H groups in total. The molecule has 0 aromatic heterocycles. The summed E-state index contributed by atoms with van der Waals surface area (Å²) in [4.78, 5) is 14.4. The minimum Gasteiger partial charge on any atom is -0.406 e. The largest absolute Gasteiger partial charge is 0.573 e. The second kappa shape index (κ2) is 11.5. The van der Waals surface area contributed by atoms with E-state index in [0.29, 0.717) is 23.5 Å². The van der Waals surface area contributed by atoms with Crippen LogP contribution < -0.4 is 20.7 Å². The number of amides is 1. The van der Waals surface area contributed by atoms with Crippen LogP contribution in [0.15, 0.2) is 48.5 Å². The lowest BCUT2D eigenvalue weighted by Crippen LogP contribution is -2.34. The minimum atomic E-state index is -4.74. The molecule has 0 heterocycles. The number of nitrogens with zero attached hydrogens (tertiary/aromatic N) is 1. The molecule has 1 amide bonds. The summed E-state index contributed by atoms with van der Waals surface area (Å²) in [5, 5.41) is 8.96. The summed E-state index contributed by atoms with van der Waals surface area (Å²) in [6.07, 6.45) is -4.74. The van der Waals surface area contributed by atoms with Crippen molar-refractivity contribution in [1.29, 1.82) is 0 Å². The van der Waals surface area contributed by atoms with Crippen molar-refractivity contribution in [1.82, 2.24) is 10.2 Å². The van der Waals surface area contributed by atoms with Crippen molar-refractivity contribution in [2.45, 2.75) is 20.2 Å². The number of thiocarbonyl (C=S) groups is 1. The van der Waals surface area contributed by atoms with Crippen molar-refractivity contribution in [3.63, 3.8) is 0 Å². The Labute approximate surface area is 184 Å². The summed E-state index contributed by atoms with van der Waals surface area (Å²) >= 11 is 5.21. The number of halogens is 3. The molecule has 6 nitrogen and oxygen atoms in total. The Morgan fingerprint density at radius 1 is 0.968 bits per heavy atom. The van der Waals surface area contributed by atoms with Crippen molar-refractivity contribution in [3.05, 3.63) is 54.1 Å². The van der Waals surface area contributed by atoms with Gasteiger partial charge in [0.1, 0.15) is 5.75 Å². The molecule has 0 fully saturated rings. The molecule has 0 aliphatic carbocycles. The SMILES string of the molecule is CCN(CC)CCNC(=O)c1ccc(NC(=S)Nc2ccc(OC(F)(F)F)cc2)cc1. The van der Waals surface area contributed by atoms with Crippen LogP contribution in [0.5, 0.6) is 5.75 Å². The number of alkyl halides is 3. The summed E-state index contributed by atoms with van der Waals surface area (Å²) < 4.78 is 40.4. The van der Waals surface area contributed by atoms with Gasteiger partial charge in [-0.15, -0.1) is 13.2 Å². The molecule has 2 aromatic carbocycles. The third-order valence-electron chi connectivity index (χ3n) is 4.36. The van der Waals surface area contributed by atoms with E-state index < -0.39 is 6.36 Å². The maximum Gasteiger partial charge on any atom is 0.573 e. The normalized spacial score (nSPS) is 11.2. The molecular formula is C21H25F3N4O2S. The highest BCUT2D eigenvalue weighted by atomic mass is 32.1. The van der Waals surface area contributed by atoms with E-state index in [1.807, 2.05) is 0 Å². The number of likely N-dealkylation sites (N-methyl/N-ethyl adjacent to an activating group) is 1. The van der Waals surface area contributed by atoms with Gasteiger partial charge in [-0.3, -0.25) is 4.79 Å². The van der Waals surface area contributed by atoms with E-state index in [1.54, 1.807) is 24.3 Å². The molecule has 0 saturated heterocycles. The number of benzene rings is 2. The smallest absolute Gasteiger partial charge is 0.406 e. The Balaban J connectivity index is 1.82. The fourth-order valence-electron chi connectivity index (χ4n) is 2.71. The van der Waals surface area contributed by atoms with Gasteiger partial charge in [0.05, 0.1) is 0 Å². The van der Waals surface area contributed by atoms with Gasteiger partial charge in [0.25, 0.3) is 5.91 Å². The first-order valence-electron chi connectivity index (χ1n) is 9.74. The van der Waals surface area contributed by atoms with Crippen LogP contribution in [-0.2, 0) is 0 Å². The van der Waals surface area contributed by atoms with Crippen LogP contribution in [0, 0.1) is 0 Å². The summed E-state index contributed by atoms with van der Waals surface area (Å²) in [6.45, 7) is 7.39. The van der Waals surface area contributed by atoms with Crippen molar-refractivity contribution in [2.75, 3.05) is 36.8 Å². The van der Waals surface area contributed by atoms with Crippen LogP contribution in [0.25, 0.3) is 0 Å². The summed E-state index contributed by atoms with van der Waals surface area (Å²) in [5.41, 5.74) is 1.69. The summed E-state index contributed by atoms with van der Waals surface area (Å²) in [5.74, 6) is -0.469. The Bertz CT molecular complexity index is 854. The van der Waals surface area contributed by atoms with Crippen molar-refractivity contribution in [2.24, 2.45) is 0 Å². The number of rotatable bonds is 9. The molecule has 0 spiro atoms. The van der Waals surface area contributed by atoms with Gasteiger partial charge in [0.2, 0.25) is 0 Å². The molecule has 0 radical (unpaired) electrons. The summed E-state index contributed by atoms with van der Waals surface area (Å²) in [6, 6.07) is 12.0. The highest BCUT2D eigenvalue weighted by Gasteiger charge is 2.30. The minimum absolute atomic E-state index is 0.152. The standard InChI is InChI=1S/C21H25F3N4O2S/c1-3-28(4-2)14-13-25-19(29)15-5-7-16(8-6-15)26-20(31)27-17-9-11-18(12-10-17)30-21(22,23)24/h5-12H,3-4,13-14H2,1-2H3,(H,25,29)(H2,26,27,31). The zero-order valence-corrected chi connectivity index (χ0v) is 18.1. The van der Waals surface area contributed by atoms with E-state index in [1.165, 1.54) is 24.3 Å². The van der Waals surface area contributed by atoms with Crippen LogP contribution in [0.3, 0.4) is 0 Å². The monoisotopic (exact) mass is 454 g/mol. The molecule has 2 rings (SSSR count). The molecule has 0 saturated carbocycles. The molecule has 0 aliphatic heterocycles. The first-order valence-corrected chi connectivity index (χ1v) is 10.2. The van der Waals surface area contributed by atoms with E-state index in [9.17, 15) is 18.0 Å². The quantitative estimate of drug-likeness (QED) is 0.486. The molecule has 0 unspecified atom stereocenters. The molecular weight excluding hydrogens is 429 g/mol. The van der Waals surface area contributed by atoms with Crippen molar-refractivity contribution >= 4 is 34.6 Å². The average Bonchev–Trinajstić information content (AvgIpc) is 2.72. The average molecular weight is 455 g/mol. The number of hydrogen-bond acceptors (Lipinski definition) is 4. The van der Waals surface area contributed by atoms with Gasteiger partial charge in [-0.2, -0.15) is 0 Å². The predicted octanol–water partition coefficient (Wildman–Crippen LogP) is 4.47. The number of anilines is 2. The van der Waals surface area contributed by atoms with Crippen LogP contribution in [0.4, 0.5) is 24.5 Å². The lowest BCUT2D eigenvalue weighted by atomic mass is 10.2. The second-order valence-electron chi connectivity index (χ2n) is 6.51. The molecule has 0 bridgehead atoms. The van der Waals surface area contributed by atoms with E-state index >= 15 is 0 Å². The Hall–Kier alpha value is -2.85. The maximum absolute atomic E-state index is 12.2. The lowest BCUT2D eigenvalue weighted by Gasteiger charge is -2.18. The van der Waals surface area contributed by atoms with Crippen LogP contribution in [0.1, 0.15) is 24.2 Å². The van der Waals surface area contributed by atoms with E-state index in [2.05, 4.69) is 39.4 Å². The van der Waals surface area contributed by atoms with E-state index in [-0.39, 0.29) is 16.8 Å². The van der Waals surface area contributed by atoms with E-state index in [4.69, 9.17) is 12.2 Å². The number of carbonyl (C=O) groups is 1. The fraction of sp³-hybridized carbons (Fsp3) is 0.333. The Kier molecular flexibility index (Phi) is 9.07. The van der Waals surface area contributed by atoms with Gasteiger partial charge in [0, 0.05) is 30.0 Å². The third kappa shape index (κ3) is 8.81. The molecule has 2 aromatic rings. The number of nitrogens with one attached hydrogen (secondary N) is 3. The molecule has 31 heavy (non-hydrogen) atoms. The van der Waals surface area contributed by atoms with Gasteiger partial charge in [-0.1, -0.05) is 13.8 Å². The third-order valence-corrected chi connectivity index (χ3v) is 4.56. The maximum atomic E-state index is 12.2. The first kappa shape index (κ1) is 24.4. The molecule has 0 atom stereocenters. The number of hydrogen-bond donors (Lipinski definition) is 3. The predicted molar refractivity (Wildman–Crippen MR) is 120 cm³/mol. The van der Waals surface area contributed by atoms with Crippen LogP contribution in [-0.4, -0.2) is 48.5 Å². The van der Waals surface area contributed by atoms with Gasteiger partial charge in [-0.25, -0.2) is 0 Å². The number of carbonyl (C=O) groups excluding carboxylic acids is 1. The fourth-order valence-corrected chi connectivity index (χ4v) is 2.94. The second-order valence-corrected chi connectivity index (χ2v) is 6.92. The zero-order chi connectivity index (χ0) is 22.9. The Morgan fingerprint density at radius 2 is 1.48 bits per heavy atom.